The first-order valence-electron chi connectivity index (χ1n) is 4.47. The number of anilines is 1. The summed E-state index contributed by atoms with van der Waals surface area (Å²) >= 11 is 0. The van der Waals surface area contributed by atoms with Crippen molar-refractivity contribution < 1.29 is 8.78 Å². The zero-order valence-corrected chi connectivity index (χ0v) is 8.06. The zero-order chi connectivity index (χ0) is 10.6. The van der Waals surface area contributed by atoms with E-state index in [1.165, 1.54) is 12.1 Å². The number of nitrogens with one attached hydrogen (secondary N) is 1. The quantitative estimate of drug-likeness (QED) is 0.782. The maximum atomic E-state index is 12.3. The maximum Gasteiger partial charge on any atom is 0.263 e. The molecule has 4 heteroatoms. The van der Waals surface area contributed by atoms with E-state index in [2.05, 4.69) is 5.32 Å². The van der Waals surface area contributed by atoms with Gasteiger partial charge >= 0.3 is 0 Å². The van der Waals surface area contributed by atoms with Crippen LogP contribution in [0.5, 0.6) is 0 Å². The van der Waals surface area contributed by atoms with Crippen LogP contribution in [0.1, 0.15) is 17.6 Å². The van der Waals surface area contributed by atoms with E-state index < -0.39 is 6.43 Å². The SMILES string of the molecule is Cc1cc(C(F)F)ccc1NCCN. The van der Waals surface area contributed by atoms with E-state index in [0.717, 1.165) is 11.3 Å². The second-order valence-corrected chi connectivity index (χ2v) is 3.09. The lowest BCUT2D eigenvalue weighted by molar-refractivity contribution is 0.151. The van der Waals surface area contributed by atoms with Crippen LogP contribution >= 0.6 is 0 Å². The van der Waals surface area contributed by atoms with Gasteiger partial charge in [-0.15, -0.1) is 0 Å². The second kappa shape index (κ2) is 4.91. The highest BCUT2D eigenvalue weighted by Gasteiger charge is 2.07. The first-order chi connectivity index (χ1) is 6.65. The number of hydrogen-bond acceptors (Lipinski definition) is 2. The number of aryl methyl sites for hydroxylation is 1. The van der Waals surface area contributed by atoms with Gasteiger partial charge in [-0.3, -0.25) is 0 Å². The lowest BCUT2D eigenvalue weighted by Gasteiger charge is -2.09. The van der Waals surface area contributed by atoms with Crippen molar-refractivity contribution in [2.75, 3.05) is 18.4 Å². The van der Waals surface area contributed by atoms with Crippen LogP contribution in [-0.4, -0.2) is 13.1 Å². The summed E-state index contributed by atoms with van der Waals surface area (Å²) in [7, 11) is 0. The molecule has 0 radical (unpaired) electrons. The molecule has 1 aromatic carbocycles. The standard InChI is InChI=1S/C10H14F2N2/c1-7-6-8(10(11)12)2-3-9(7)14-5-4-13/h2-3,6,10,14H,4-5,13H2,1H3. The highest BCUT2D eigenvalue weighted by molar-refractivity contribution is 5.52. The largest absolute Gasteiger partial charge is 0.384 e. The smallest absolute Gasteiger partial charge is 0.263 e. The third-order valence-electron chi connectivity index (χ3n) is 1.96. The lowest BCUT2D eigenvalue weighted by Crippen LogP contribution is -2.13. The van der Waals surface area contributed by atoms with Gasteiger partial charge in [0.15, 0.2) is 0 Å². The number of alkyl halides is 2. The summed E-state index contributed by atoms with van der Waals surface area (Å²) in [5, 5.41) is 3.06. The van der Waals surface area contributed by atoms with Crippen molar-refractivity contribution in [2.24, 2.45) is 5.73 Å². The first-order valence-corrected chi connectivity index (χ1v) is 4.47. The monoisotopic (exact) mass is 200 g/mol. The molecule has 0 bridgehead atoms. The van der Waals surface area contributed by atoms with E-state index in [-0.39, 0.29) is 5.56 Å². The fourth-order valence-corrected chi connectivity index (χ4v) is 1.23. The molecule has 0 aliphatic rings. The van der Waals surface area contributed by atoms with E-state index >= 15 is 0 Å². The highest BCUT2D eigenvalue weighted by atomic mass is 19.3. The van der Waals surface area contributed by atoms with Crippen molar-refractivity contribution in [3.05, 3.63) is 29.3 Å². The Bertz CT molecular complexity index is 300. The van der Waals surface area contributed by atoms with Gasteiger partial charge in [-0.1, -0.05) is 6.07 Å². The summed E-state index contributed by atoms with van der Waals surface area (Å²) in [5.41, 5.74) is 7.06. The van der Waals surface area contributed by atoms with Crippen molar-refractivity contribution in [1.82, 2.24) is 0 Å². The molecule has 0 fully saturated rings. The number of benzene rings is 1. The van der Waals surface area contributed by atoms with Crippen LogP contribution in [0.15, 0.2) is 18.2 Å². The summed E-state index contributed by atoms with van der Waals surface area (Å²) in [5.74, 6) is 0. The Kier molecular flexibility index (Phi) is 3.83. The first kappa shape index (κ1) is 10.9. The van der Waals surface area contributed by atoms with Gasteiger partial charge in [-0.25, -0.2) is 8.78 Å². The molecule has 0 aliphatic carbocycles. The molecule has 0 heterocycles. The fraction of sp³-hybridized carbons (Fsp3) is 0.400. The Morgan fingerprint density at radius 1 is 1.43 bits per heavy atom. The lowest BCUT2D eigenvalue weighted by atomic mass is 10.1. The molecule has 0 atom stereocenters. The molecular formula is C10H14F2N2. The molecule has 0 amide bonds. The van der Waals surface area contributed by atoms with Gasteiger partial charge in [0, 0.05) is 24.3 Å². The minimum Gasteiger partial charge on any atom is -0.384 e. The van der Waals surface area contributed by atoms with E-state index in [4.69, 9.17) is 5.73 Å². The molecule has 0 unspecified atom stereocenters. The van der Waals surface area contributed by atoms with Gasteiger partial charge in [-0.2, -0.15) is 0 Å². The molecule has 2 nitrogen and oxygen atoms in total. The van der Waals surface area contributed by atoms with Crippen LogP contribution in [-0.2, 0) is 0 Å². The summed E-state index contributed by atoms with van der Waals surface area (Å²) < 4.78 is 24.6. The predicted molar refractivity (Wildman–Crippen MR) is 53.7 cm³/mol. The third-order valence-corrected chi connectivity index (χ3v) is 1.96. The molecular weight excluding hydrogens is 186 g/mol. The van der Waals surface area contributed by atoms with Crippen LogP contribution in [0.3, 0.4) is 0 Å². The van der Waals surface area contributed by atoms with Crippen molar-refractivity contribution in [2.45, 2.75) is 13.3 Å². The molecule has 0 spiro atoms. The molecule has 1 aromatic rings. The average Bonchev–Trinajstić information content (AvgIpc) is 2.15. The fourth-order valence-electron chi connectivity index (χ4n) is 1.23. The Morgan fingerprint density at radius 2 is 2.14 bits per heavy atom. The summed E-state index contributed by atoms with van der Waals surface area (Å²) in [4.78, 5) is 0. The Hall–Kier alpha value is -1.16. The highest BCUT2D eigenvalue weighted by Crippen LogP contribution is 2.23. The molecule has 0 saturated carbocycles. The summed E-state index contributed by atoms with van der Waals surface area (Å²) in [6.45, 7) is 2.97. The van der Waals surface area contributed by atoms with Gasteiger partial charge in [-0.05, 0) is 24.6 Å². The normalized spacial score (nSPS) is 10.6. The number of hydrogen-bond donors (Lipinski definition) is 2. The van der Waals surface area contributed by atoms with Gasteiger partial charge in [0.2, 0.25) is 0 Å². The van der Waals surface area contributed by atoms with Crippen LogP contribution in [0.4, 0.5) is 14.5 Å². The maximum absolute atomic E-state index is 12.3. The van der Waals surface area contributed by atoms with E-state index in [1.54, 1.807) is 13.0 Å². The van der Waals surface area contributed by atoms with Crippen LogP contribution in [0.25, 0.3) is 0 Å². The molecule has 1 rings (SSSR count). The molecule has 78 valence electrons. The minimum atomic E-state index is -2.41. The predicted octanol–water partition coefficient (Wildman–Crippen LogP) is 2.30. The van der Waals surface area contributed by atoms with E-state index in [9.17, 15) is 8.78 Å². The molecule has 14 heavy (non-hydrogen) atoms. The van der Waals surface area contributed by atoms with Crippen LogP contribution in [0.2, 0.25) is 0 Å². The molecule has 0 aromatic heterocycles. The van der Waals surface area contributed by atoms with Crippen molar-refractivity contribution >= 4 is 5.69 Å². The average molecular weight is 200 g/mol. The Labute approximate surface area is 82.1 Å². The second-order valence-electron chi connectivity index (χ2n) is 3.09. The Balaban J connectivity index is 2.79. The minimum absolute atomic E-state index is 0.0563. The van der Waals surface area contributed by atoms with Gasteiger partial charge in [0.1, 0.15) is 0 Å². The van der Waals surface area contributed by atoms with E-state index in [0.29, 0.717) is 13.1 Å². The van der Waals surface area contributed by atoms with E-state index in [1.807, 2.05) is 0 Å². The molecule has 3 N–H and O–H groups in total. The van der Waals surface area contributed by atoms with Crippen molar-refractivity contribution in [3.63, 3.8) is 0 Å². The Morgan fingerprint density at radius 3 is 2.64 bits per heavy atom. The number of halogens is 2. The summed E-state index contributed by atoms with van der Waals surface area (Å²) in [6.07, 6.45) is -2.41. The van der Waals surface area contributed by atoms with Gasteiger partial charge < -0.3 is 11.1 Å². The van der Waals surface area contributed by atoms with Crippen molar-refractivity contribution in [1.29, 1.82) is 0 Å². The van der Waals surface area contributed by atoms with Crippen LogP contribution < -0.4 is 11.1 Å². The number of nitrogens with two attached hydrogens (primary N) is 1. The van der Waals surface area contributed by atoms with Crippen LogP contribution in [0, 0.1) is 6.92 Å². The van der Waals surface area contributed by atoms with Gasteiger partial charge in [0.25, 0.3) is 6.43 Å². The molecule has 0 saturated heterocycles. The van der Waals surface area contributed by atoms with Gasteiger partial charge in [0.05, 0.1) is 0 Å². The molecule has 0 aliphatic heterocycles. The summed E-state index contributed by atoms with van der Waals surface area (Å²) in [6, 6.07) is 4.58. The topological polar surface area (TPSA) is 38.0 Å². The zero-order valence-electron chi connectivity index (χ0n) is 8.06. The van der Waals surface area contributed by atoms with Crippen molar-refractivity contribution in [3.8, 4) is 0 Å². The number of rotatable bonds is 4. The third kappa shape index (κ3) is 2.67.